The van der Waals surface area contributed by atoms with Crippen LogP contribution in [0.4, 0.5) is 5.69 Å². The summed E-state index contributed by atoms with van der Waals surface area (Å²) in [6, 6.07) is 13.0. The van der Waals surface area contributed by atoms with Crippen molar-refractivity contribution in [2.45, 2.75) is 26.9 Å². The molecule has 0 aliphatic heterocycles. The monoisotopic (exact) mass is 303 g/mol. The molecule has 0 aliphatic rings. The van der Waals surface area contributed by atoms with E-state index in [1.165, 1.54) is 0 Å². The van der Waals surface area contributed by atoms with Gasteiger partial charge in [-0.3, -0.25) is 4.79 Å². The van der Waals surface area contributed by atoms with Crippen LogP contribution in [0.3, 0.4) is 0 Å². The molecule has 2 aromatic rings. The second-order valence-corrected chi connectivity index (χ2v) is 5.33. The average Bonchev–Trinajstić information content (AvgIpc) is 2.46. The van der Waals surface area contributed by atoms with Crippen LogP contribution in [0.2, 0.25) is 5.02 Å². The number of carbonyl (C=O) groups is 1. The van der Waals surface area contributed by atoms with Crippen molar-refractivity contribution < 1.29 is 9.53 Å². The Kier molecular flexibility index (Phi) is 4.86. The highest BCUT2D eigenvalue weighted by atomic mass is 35.5. The van der Waals surface area contributed by atoms with Gasteiger partial charge in [0.2, 0.25) is 0 Å². The third-order valence-electron chi connectivity index (χ3n) is 3.29. The van der Waals surface area contributed by atoms with Gasteiger partial charge in [-0.25, -0.2) is 0 Å². The zero-order valence-corrected chi connectivity index (χ0v) is 13.1. The van der Waals surface area contributed by atoms with Crippen molar-refractivity contribution in [1.82, 2.24) is 0 Å². The summed E-state index contributed by atoms with van der Waals surface area (Å²) in [5.41, 5.74) is 2.54. The predicted molar refractivity (Wildman–Crippen MR) is 86.1 cm³/mol. The molecule has 0 saturated heterocycles. The fourth-order valence-electron chi connectivity index (χ4n) is 1.91. The smallest absolute Gasteiger partial charge is 0.265 e. The summed E-state index contributed by atoms with van der Waals surface area (Å²) >= 11 is 6.04. The minimum atomic E-state index is -0.593. The fourth-order valence-corrected chi connectivity index (χ4v) is 2.08. The normalized spacial score (nSPS) is 11.8. The molecule has 2 rings (SSSR count). The topological polar surface area (TPSA) is 38.3 Å². The van der Waals surface area contributed by atoms with E-state index in [-0.39, 0.29) is 5.91 Å². The zero-order valence-electron chi connectivity index (χ0n) is 12.3. The number of hydrogen-bond donors (Lipinski definition) is 1. The Morgan fingerprint density at radius 3 is 2.57 bits per heavy atom. The van der Waals surface area contributed by atoms with E-state index < -0.39 is 6.10 Å². The standard InChI is InChI=1S/C17H18ClNO2/c1-11-7-4-5-10-16(11)21-13(3)17(20)19-15-9-6-8-14(18)12(15)2/h4-10,13H,1-3H3,(H,19,20)/t13-/m1/s1. The summed E-state index contributed by atoms with van der Waals surface area (Å²) in [6.07, 6.45) is -0.593. The molecule has 0 aliphatic carbocycles. The summed E-state index contributed by atoms with van der Waals surface area (Å²) in [5.74, 6) is 0.506. The summed E-state index contributed by atoms with van der Waals surface area (Å²) < 4.78 is 5.70. The zero-order chi connectivity index (χ0) is 15.4. The number of anilines is 1. The van der Waals surface area contributed by atoms with Crippen LogP contribution in [0.1, 0.15) is 18.1 Å². The first-order valence-corrected chi connectivity index (χ1v) is 7.15. The minimum Gasteiger partial charge on any atom is -0.481 e. The molecule has 0 saturated carbocycles. The van der Waals surface area contributed by atoms with Crippen LogP contribution >= 0.6 is 11.6 Å². The van der Waals surface area contributed by atoms with Crippen LogP contribution in [0, 0.1) is 13.8 Å². The molecule has 0 heterocycles. The number of rotatable bonds is 4. The molecule has 0 radical (unpaired) electrons. The third kappa shape index (κ3) is 3.76. The van der Waals surface area contributed by atoms with E-state index in [9.17, 15) is 4.79 Å². The van der Waals surface area contributed by atoms with Gasteiger partial charge in [0.05, 0.1) is 0 Å². The van der Waals surface area contributed by atoms with Crippen LogP contribution in [-0.4, -0.2) is 12.0 Å². The molecule has 1 atom stereocenters. The number of halogens is 1. The van der Waals surface area contributed by atoms with Gasteiger partial charge in [-0.1, -0.05) is 35.9 Å². The number of benzene rings is 2. The van der Waals surface area contributed by atoms with Gasteiger partial charge in [0.15, 0.2) is 6.10 Å². The molecule has 1 amide bonds. The Morgan fingerprint density at radius 1 is 1.14 bits per heavy atom. The van der Waals surface area contributed by atoms with Gasteiger partial charge in [-0.05, 0) is 50.1 Å². The lowest BCUT2D eigenvalue weighted by molar-refractivity contribution is -0.122. The molecular formula is C17H18ClNO2. The SMILES string of the molecule is Cc1ccccc1O[C@H](C)C(=O)Nc1cccc(Cl)c1C. The van der Waals surface area contributed by atoms with E-state index in [2.05, 4.69) is 5.32 Å². The molecule has 1 N–H and O–H groups in total. The fraction of sp³-hybridized carbons (Fsp3) is 0.235. The maximum Gasteiger partial charge on any atom is 0.265 e. The Bertz CT molecular complexity index is 655. The minimum absolute atomic E-state index is 0.205. The van der Waals surface area contributed by atoms with Crippen molar-refractivity contribution in [2.75, 3.05) is 5.32 Å². The van der Waals surface area contributed by atoms with Crippen LogP contribution in [0.5, 0.6) is 5.75 Å². The van der Waals surface area contributed by atoms with Crippen molar-refractivity contribution in [3.05, 3.63) is 58.6 Å². The first-order valence-electron chi connectivity index (χ1n) is 6.77. The van der Waals surface area contributed by atoms with Crippen molar-refractivity contribution in [2.24, 2.45) is 0 Å². The van der Waals surface area contributed by atoms with E-state index in [1.807, 2.05) is 44.2 Å². The highest BCUT2D eigenvalue weighted by Crippen LogP contribution is 2.23. The molecule has 0 fully saturated rings. The number of aryl methyl sites for hydroxylation is 1. The summed E-state index contributed by atoms with van der Waals surface area (Å²) in [5, 5.41) is 3.47. The quantitative estimate of drug-likeness (QED) is 0.911. The van der Waals surface area contributed by atoms with Crippen molar-refractivity contribution >= 4 is 23.2 Å². The largest absolute Gasteiger partial charge is 0.481 e. The Labute approximate surface area is 129 Å². The number of hydrogen-bond acceptors (Lipinski definition) is 2. The van der Waals surface area contributed by atoms with Gasteiger partial charge in [0.1, 0.15) is 5.75 Å². The molecule has 21 heavy (non-hydrogen) atoms. The summed E-state index contributed by atoms with van der Waals surface area (Å²) in [6.45, 7) is 5.54. The van der Waals surface area contributed by atoms with Gasteiger partial charge < -0.3 is 10.1 Å². The van der Waals surface area contributed by atoms with E-state index in [4.69, 9.17) is 16.3 Å². The number of carbonyl (C=O) groups excluding carboxylic acids is 1. The maximum atomic E-state index is 12.2. The Morgan fingerprint density at radius 2 is 1.86 bits per heavy atom. The molecule has 0 spiro atoms. The molecule has 2 aromatic carbocycles. The predicted octanol–water partition coefficient (Wildman–Crippen LogP) is 4.36. The van der Waals surface area contributed by atoms with Gasteiger partial charge in [0, 0.05) is 10.7 Å². The second-order valence-electron chi connectivity index (χ2n) is 4.93. The molecule has 0 bridgehead atoms. The van der Waals surface area contributed by atoms with Crippen LogP contribution in [-0.2, 0) is 4.79 Å². The second kappa shape index (κ2) is 6.64. The van der Waals surface area contributed by atoms with Gasteiger partial charge in [0.25, 0.3) is 5.91 Å². The Hall–Kier alpha value is -2.00. The molecular weight excluding hydrogens is 286 g/mol. The van der Waals surface area contributed by atoms with Crippen molar-refractivity contribution in [3.63, 3.8) is 0 Å². The first-order chi connectivity index (χ1) is 9.99. The number of amides is 1. The number of nitrogens with one attached hydrogen (secondary N) is 1. The average molecular weight is 304 g/mol. The third-order valence-corrected chi connectivity index (χ3v) is 3.70. The molecule has 110 valence electrons. The molecule has 4 heteroatoms. The van der Waals surface area contributed by atoms with Crippen molar-refractivity contribution in [3.8, 4) is 5.75 Å². The van der Waals surface area contributed by atoms with E-state index in [0.717, 1.165) is 11.1 Å². The lowest BCUT2D eigenvalue weighted by Crippen LogP contribution is -2.30. The lowest BCUT2D eigenvalue weighted by atomic mass is 10.2. The first kappa shape index (κ1) is 15.4. The van der Waals surface area contributed by atoms with Gasteiger partial charge in [-0.2, -0.15) is 0 Å². The summed E-state index contributed by atoms with van der Waals surface area (Å²) in [4.78, 5) is 12.2. The lowest BCUT2D eigenvalue weighted by Gasteiger charge is -2.17. The highest BCUT2D eigenvalue weighted by Gasteiger charge is 2.16. The molecule has 0 aromatic heterocycles. The number of ether oxygens (including phenoxy) is 1. The molecule has 3 nitrogen and oxygen atoms in total. The maximum absolute atomic E-state index is 12.2. The van der Waals surface area contributed by atoms with Crippen molar-refractivity contribution in [1.29, 1.82) is 0 Å². The van der Waals surface area contributed by atoms with Crippen LogP contribution < -0.4 is 10.1 Å². The van der Waals surface area contributed by atoms with E-state index in [0.29, 0.717) is 16.5 Å². The molecule has 0 unspecified atom stereocenters. The summed E-state index contributed by atoms with van der Waals surface area (Å²) in [7, 11) is 0. The Balaban J connectivity index is 2.06. The van der Waals surface area contributed by atoms with E-state index >= 15 is 0 Å². The van der Waals surface area contributed by atoms with Gasteiger partial charge >= 0.3 is 0 Å². The van der Waals surface area contributed by atoms with Crippen LogP contribution in [0.25, 0.3) is 0 Å². The number of para-hydroxylation sites is 1. The highest BCUT2D eigenvalue weighted by molar-refractivity contribution is 6.31. The van der Waals surface area contributed by atoms with Gasteiger partial charge in [-0.15, -0.1) is 0 Å². The van der Waals surface area contributed by atoms with E-state index in [1.54, 1.807) is 19.1 Å². The van der Waals surface area contributed by atoms with Crippen LogP contribution in [0.15, 0.2) is 42.5 Å².